The highest BCUT2D eigenvalue weighted by Crippen LogP contribution is 2.21. The quantitative estimate of drug-likeness (QED) is 0.821. The summed E-state index contributed by atoms with van der Waals surface area (Å²) in [5, 5.41) is 8.06. The SMILES string of the molecule is CCCCC(C)c1cc2n(n1)CCNC2. The zero-order valence-corrected chi connectivity index (χ0v) is 9.79. The van der Waals surface area contributed by atoms with Gasteiger partial charge in [-0.15, -0.1) is 0 Å². The van der Waals surface area contributed by atoms with Gasteiger partial charge in [0.05, 0.1) is 17.9 Å². The second-order valence-electron chi connectivity index (χ2n) is 4.50. The molecule has 15 heavy (non-hydrogen) atoms. The van der Waals surface area contributed by atoms with Crippen molar-refractivity contribution in [2.24, 2.45) is 0 Å². The first kappa shape index (κ1) is 10.7. The molecule has 0 bridgehead atoms. The van der Waals surface area contributed by atoms with Crippen LogP contribution in [-0.2, 0) is 13.1 Å². The van der Waals surface area contributed by atoms with Crippen LogP contribution >= 0.6 is 0 Å². The first-order chi connectivity index (χ1) is 7.31. The zero-order valence-electron chi connectivity index (χ0n) is 9.79. The number of nitrogens with one attached hydrogen (secondary N) is 1. The molecule has 3 nitrogen and oxygen atoms in total. The van der Waals surface area contributed by atoms with Crippen LogP contribution in [0.5, 0.6) is 0 Å². The Kier molecular flexibility index (Phi) is 3.41. The summed E-state index contributed by atoms with van der Waals surface area (Å²) in [4.78, 5) is 0. The van der Waals surface area contributed by atoms with Gasteiger partial charge in [0.1, 0.15) is 0 Å². The van der Waals surface area contributed by atoms with Gasteiger partial charge in [-0.3, -0.25) is 4.68 Å². The summed E-state index contributed by atoms with van der Waals surface area (Å²) >= 11 is 0. The van der Waals surface area contributed by atoms with E-state index in [1.807, 2.05) is 0 Å². The fourth-order valence-electron chi connectivity index (χ4n) is 2.11. The lowest BCUT2D eigenvalue weighted by molar-refractivity contribution is 0.469. The molecule has 0 aliphatic carbocycles. The van der Waals surface area contributed by atoms with Gasteiger partial charge in [-0.1, -0.05) is 26.7 Å². The van der Waals surface area contributed by atoms with Crippen LogP contribution < -0.4 is 5.32 Å². The maximum Gasteiger partial charge on any atom is 0.0656 e. The van der Waals surface area contributed by atoms with Crippen molar-refractivity contribution in [3.63, 3.8) is 0 Å². The molecule has 1 N–H and O–H groups in total. The Morgan fingerprint density at radius 2 is 2.47 bits per heavy atom. The monoisotopic (exact) mass is 207 g/mol. The van der Waals surface area contributed by atoms with Crippen molar-refractivity contribution in [3.8, 4) is 0 Å². The van der Waals surface area contributed by atoms with E-state index in [-0.39, 0.29) is 0 Å². The Hall–Kier alpha value is -0.830. The number of rotatable bonds is 4. The lowest BCUT2D eigenvalue weighted by atomic mass is 10.0. The fourth-order valence-corrected chi connectivity index (χ4v) is 2.11. The third-order valence-electron chi connectivity index (χ3n) is 3.18. The molecule has 0 aromatic carbocycles. The second-order valence-corrected chi connectivity index (χ2v) is 4.50. The molecule has 0 radical (unpaired) electrons. The molecule has 1 aromatic rings. The molecule has 0 amide bonds. The van der Waals surface area contributed by atoms with E-state index < -0.39 is 0 Å². The zero-order chi connectivity index (χ0) is 10.7. The van der Waals surface area contributed by atoms with E-state index in [4.69, 9.17) is 0 Å². The van der Waals surface area contributed by atoms with Crippen molar-refractivity contribution < 1.29 is 0 Å². The molecule has 1 aliphatic rings. The smallest absolute Gasteiger partial charge is 0.0656 e. The van der Waals surface area contributed by atoms with Crippen LogP contribution in [0.3, 0.4) is 0 Å². The molecule has 0 saturated carbocycles. The standard InChI is InChI=1S/C12H21N3/c1-3-4-5-10(2)12-8-11-9-13-6-7-15(11)14-12/h8,10,13H,3-7,9H2,1-2H3. The van der Waals surface area contributed by atoms with Crippen LogP contribution in [0.2, 0.25) is 0 Å². The average molecular weight is 207 g/mol. The Labute approximate surface area is 91.9 Å². The van der Waals surface area contributed by atoms with Crippen LogP contribution in [-0.4, -0.2) is 16.3 Å². The van der Waals surface area contributed by atoms with Crippen LogP contribution in [0.25, 0.3) is 0 Å². The molecule has 84 valence electrons. The van der Waals surface area contributed by atoms with Crippen LogP contribution in [0.1, 0.15) is 50.4 Å². The summed E-state index contributed by atoms with van der Waals surface area (Å²) in [5.41, 5.74) is 2.63. The van der Waals surface area contributed by atoms with Crippen molar-refractivity contribution in [1.82, 2.24) is 15.1 Å². The highest BCUT2D eigenvalue weighted by atomic mass is 15.3. The van der Waals surface area contributed by atoms with Crippen molar-refractivity contribution in [2.75, 3.05) is 6.54 Å². The van der Waals surface area contributed by atoms with E-state index in [1.54, 1.807) is 0 Å². The van der Waals surface area contributed by atoms with Gasteiger partial charge in [0, 0.05) is 19.0 Å². The highest BCUT2D eigenvalue weighted by molar-refractivity contribution is 5.15. The maximum atomic E-state index is 4.68. The van der Waals surface area contributed by atoms with Gasteiger partial charge >= 0.3 is 0 Å². The molecule has 1 aromatic heterocycles. The third-order valence-corrected chi connectivity index (χ3v) is 3.18. The summed E-state index contributed by atoms with van der Waals surface area (Å²) in [7, 11) is 0. The number of fused-ring (bicyclic) bond motifs is 1. The van der Waals surface area contributed by atoms with Gasteiger partial charge < -0.3 is 5.32 Å². The van der Waals surface area contributed by atoms with Gasteiger partial charge in [0.25, 0.3) is 0 Å². The van der Waals surface area contributed by atoms with Crippen molar-refractivity contribution in [2.45, 2.75) is 52.1 Å². The van der Waals surface area contributed by atoms with E-state index in [1.165, 1.54) is 30.7 Å². The van der Waals surface area contributed by atoms with E-state index in [0.29, 0.717) is 5.92 Å². The predicted molar refractivity (Wildman–Crippen MR) is 61.9 cm³/mol. The van der Waals surface area contributed by atoms with E-state index in [0.717, 1.165) is 19.6 Å². The van der Waals surface area contributed by atoms with Crippen LogP contribution in [0.15, 0.2) is 6.07 Å². The molecule has 0 spiro atoms. The molecule has 1 aliphatic heterocycles. The predicted octanol–water partition coefficient (Wildman–Crippen LogP) is 2.28. The molecule has 2 heterocycles. The Bertz CT molecular complexity index is 293. The summed E-state index contributed by atoms with van der Waals surface area (Å²) in [5.74, 6) is 0.614. The van der Waals surface area contributed by atoms with E-state index in [9.17, 15) is 0 Å². The summed E-state index contributed by atoms with van der Waals surface area (Å²) in [6.07, 6.45) is 3.85. The minimum Gasteiger partial charge on any atom is -0.309 e. The van der Waals surface area contributed by atoms with Gasteiger partial charge in [-0.2, -0.15) is 5.10 Å². The Balaban J connectivity index is 2.05. The number of hydrogen-bond donors (Lipinski definition) is 1. The molecule has 2 rings (SSSR count). The Morgan fingerprint density at radius 1 is 1.60 bits per heavy atom. The molecule has 0 fully saturated rings. The third kappa shape index (κ3) is 2.40. The lowest BCUT2D eigenvalue weighted by Gasteiger charge is -2.13. The minimum absolute atomic E-state index is 0.614. The fraction of sp³-hybridized carbons (Fsp3) is 0.750. The lowest BCUT2D eigenvalue weighted by Crippen LogP contribution is -2.28. The van der Waals surface area contributed by atoms with E-state index >= 15 is 0 Å². The average Bonchev–Trinajstić information content (AvgIpc) is 2.69. The summed E-state index contributed by atoms with van der Waals surface area (Å²) in [6.45, 7) is 7.59. The summed E-state index contributed by atoms with van der Waals surface area (Å²) < 4.78 is 2.16. The van der Waals surface area contributed by atoms with E-state index in [2.05, 4.69) is 35.0 Å². The number of hydrogen-bond acceptors (Lipinski definition) is 2. The highest BCUT2D eigenvalue weighted by Gasteiger charge is 2.15. The van der Waals surface area contributed by atoms with Crippen LogP contribution in [0.4, 0.5) is 0 Å². The molecule has 0 saturated heterocycles. The van der Waals surface area contributed by atoms with Gasteiger partial charge in [-0.25, -0.2) is 0 Å². The molecule has 1 unspecified atom stereocenters. The van der Waals surface area contributed by atoms with Gasteiger partial charge in [0.2, 0.25) is 0 Å². The first-order valence-corrected chi connectivity index (χ1v) is 6.08. The van der Waals surface area contributed by atoms with Gasteiger partial charge in [0.15, 0.2) is 0 Å². The van der Waals surface area contributed by atoms with Crippen molar-refractivity contribution >= 4 is 0 Å². The maximum absolute atomic E-state index is 4.68. The first-order valence-electron chi connectivity index (χ1n) is 6.08. The van der Waals surface area contributed by atoms with Crippen molar-refractivity contribution in [1.29, 1.82) is 0 Å². The second kappa shape index (κ2) is 4.79. The minimum atomic E-state index is 0.614. The topological polar surface area (TPSA) is 29.9 Å². The Morgan fingerprint density at radius 3 is 3.20 bits per heavy atom. The molecular formula is C12H21N3. The molecule has 1 atom stereocenters. The normalized spacial score (nSPS) is 17.5. The number of unbranched alkanes of at least 4 members (excludes halogenated alkanes) is 1. The largest absolute Gasteiger partial charge is 0.309 e. The molecular weight excluding hydrogens is 186 g/mol. The number of nitrogens with zero attached hydrogens (tertiary/aromatic N) is 2. The van der Waals surface area contributed by atoms with Crippen LogP contribution in [0, 0.1) is 0 Å². The van der Waals surface area contributed by atoms with Gasteiger partial charge in [-0.05, 0) is 12.5 Å². The number of aromatic nitrogens is 2. The van der Waals surface area contributed by atoms with Crippen molar-refractivity contribution in [3.05, 3.63) is 17.5 Å². The summed E-state index contributed by atoms with van der Waals surface area (Å²) in [6, 6.07) is 2.27. The molecule has 3 heteroatoms.